The van der Waals surface area contributed by atoms with Gasteiger partial charge in [0, 0.05) is 26.8 Å². The molecule has 0 aliphatic carbocycles. The largest absolute Gasteiger partial charge is 0.494 e. The van der Waals surface area contributed by atoms with Crippen molar-refractivity contribution < 1.29 is 27.1 Å². The first-order chi connectivity index (χ1) is 22.4. The minimum atomic E-state index is -4.93. The number of nitrogens with zero attached hydrogens (tertiary/aromatic N) is 5. The van der Waals surface area contributed by atoms with Gasteiger partial charge in [-0.2, -0.15) is 13.2 Å². The highest BCUT2D eigenvalue weighted by Crippen LogP contribution is 2.33. The molecule has 0 unspecified atom stereocenters. The normalized spacial score (nSPS) is 12.2. The summed E-state index contributed by atoms with van der Waals surface area (Å²) in [5.41, 5.74) is -0.291. The molecular formula is C35H33F4N5O3. The van der Waals surface area contributed by atoms with Crippen molar-refractivity contribution in [2.24, 2.45) is 0 Å². The summed E-state index contributed by atoms with van der Waals surface area (Å²) in [7, 11) is 3.67. The Kier molecular flexibility index (Phi) is 9.59. The maximum atomic E-state index is 14.1. The molecule has 0 aliphatic heterocycles. The summed E-state index contributed by atoms with van der Waals surface area (Å²) in [6.07, 6.45) is -3.79. The van der Waals surface area contributed by atoms with Crippen molar-refractivity contribution in [3.63, 3.8) is 0 Å². The van der Waals surface area contributed by atoms with E-state index in [0.29, 0.717) is 52.5 Å². The first-order valence-corrected chi connectivity index (χ1v) is 14.9. The third kappa shape index (κ3) is 7.26. The monoisotopic (exact) mass is 647 g/mol. The number of ether oxygens (including phenoxy) is 1. The Morgan fingerprint density at radius 2 is 1.68 bits per heavy atom. The van der Waals surface area contributed by atoms with Crippen LogP contribution in [-0.2, 0) is 23.9 Å². The molecule has 1 amide bonds. The third-order valence-electron chi connectivity index (χ3n) is 7.68. The van der Waals surface area contributed by atoms with Gasteiger partial charge in [0.05, 0.1) is 41.2 Å². The minimum absolute atomic E-state index is 0.00000631. The van der Waals surface area contributed by atoms with Crippen molar-refractivity contribution >= 4 is 22.6 Å². The van der Waals surface area contributed by atoms with Crippen LogP contribution in [0.15, 0.2) is 89.9 Å². The van der Waals surface area contributed by atoms with E-state index in [2.05, 4.69) is 4.98 Å². The number of hydrogen-bond acceptors (Lipinski definition) is 6. The predicted octanol–water partition coefficient (Wildman–Crippen LogP) is 6.74. The number of rotatable bonds is 10. The number of carbonyl (C=O) groups excluding carboxylic acids is 1. The molecule has 1 atom stereocenters. The Hall–Kier alpha value is -5.26. The second kappa shape index (κ2) is 13.6. The Labute approximate surface area is 268 Å². The summed E-state index contributed by atoms with van der Waals surface area (Å²) >= 11 is 0. The molecule has 47 heavy (non-hydrogen) atoms. The molecule has 0 N–H and O–H groups in total. The molecule has 0 saturated carbocycles. The summed E-state index contributed by atoms with van der Waals surface area (Å²) in [6, 6.07) is 18.9. The van der Waals surface area contributed by atoms with Gasteiger partial charge in [0.15, 0.2) is 0 Å². The molecule has 0 bridgehead atoms. The summed E-state index contributed by atoms with van der Waals surface area (Å²) in [5, 5.41) is 0.365. The third-order valence-corrected chi connectivity index (χ3v) is 7.68. The van der Waals surface area contributed by atoms with E-state index in [-0.39, 0.29) is 23.5 Å². The Bertz CT molecular complexity index is 1940. The van der Waals surface area contributed by atoms with Gasteiger partial charge in [0.2, 0.25) is 5.91 Å². The van der Waals surface area contributed by atoms with Crippen molar-refractivity contribution in [1.82, 2.24) is 19.4 Å². The van der Waals surface area contributed by atoms with Crippen LogP contribution in [0.5, 0.6) is 5.75 Å². The lowest BCUT2D eigenvalue weighted by molar-refractivity contribution is -0.140. The number of hydrogen-bond donors (Lipinski definition) is 0. The summed E-state index contributed by atoms with van der Waals surface area (Å²) in [6.45, 7) is 4.02. The first-order valence-electron chi connectivity index (χ1n) is 14.9. The smallest absolute Gasteiger partial charge is 0.419 e. The number of amides is 1. The van der Waals surface area contributed by atoms with Crippen LogP contribution in [0.2, 0.25) is 0 Å². The van der Waals surface area contributed by atoms with Crippen molar-refractivity contribution in [3.8, 4) is 11.4 Å². The van der Waals surface area contributed by atoms with Gasteiger partial charge in [0.1, 0.15) is 23.2 Å². The van der Waals surface area contributed by atoms with Gasteiger partial charge >= 0.3 is 6.18 Å². The number of aromatic nitrogens is 3. The standard InChI is InChI=1S/C35H33F4N5O3/c1-5-47-26-14-12-25(13-15-26)44-33(41-30-9-7-6-8-27(30)34(44)46)22(2)43(21-24-11-17-31(40-20-24)42(3)4)32(45)19-23-10-16-29(36)28(18-23)35(37,38)39/h6-18,20,22H,5,19,21H2,1-4H3/t22-/m1/s1. The average Bonchev–Trinajstić information content (AvgIpc) is 3.04. The zero-order valence-corrected chi connectivity index (χ0v) is 26.3. The Morgan fingerprint density at radius 1 is 0.979 bits per heavy atom. The number of fused-ring (bicyclic) bond motifs is 1. The fraction of sp³-hybridized carbons (Fsp3) is 0.257. The second-order valence-corrected chi connectivity index (χ2v) is 11.2. The molecule has 3 aromatic carbocycles. The van der Waals surface area contributed by atoms with E-state index in [1.165, 1.54) is 9.47 Å². The van der Waals surface area contributed by atoms with Crippen LogP contribution in [0.3, 0.4) is 0 Å². The fourth-order valence-electron chi connectivity index (χ4n) is 5.27. The van der Waals surface area contributed by atoms with Crippen LogP contribution < -0.4 is 15.2 Å². The zero-order chi connectivity index (χ0) is 33.9. The number of benzene rings is 3. The Balaban J connectivity index is 1.62. The van der Waals surface area contributed by atoms with Crippen LogP contribution in [0.25, 0.3) is 16.6 Å². The molecule has 12 heteroatoms. The lowest BCUT2D eigenvalue weighted by atomic mass is 10.0. The molecule has 0 fully saturated rings. The first kappa shape index (κ1) is 33.1. The molecule has 8 nitrogen and oxygen atoms in total. The quantitative estimate of drug-likeness (QED) is 0.156. The highest BCUT2D eigenvalue weighted by molar-refractivity contribution is 5.80. The summed E-state index contributed by atoms with van der Waals surface area (Å²) < 4.78 is 61.5. The van der Waals surface area contributed by atoms with E-state index in [1.54, 1.807) is 73.8 Å². The molecule has 0 aliphatic rings. The lowest BCUT2D eigenvalue weighted by Gasteiger charge is -2.31. The van der Waals surface area contributed by atoms with Gasteiger partial charge in [0.25, 0.3) is 5.56 Å². The van der Waals surface area contributed by atoms with Crippen molar-refractivity contribution in [2.45, 2.75) is 39.0 Å². The number of anilines is 1. The Morgan fingerprint density at radius 3 is 2.32 bits per heavy atom. The van der Waals surface area contributed by atoms with Crippen molar-refractivity contribution in [3.05, 3.63) is 124 Å². The molecule has 244 valence electrons. The predicted molar refractivity (Wildman–Crippen MR) is 171 cm³/mol. The molecule has 0 spiro atoms. The fourth-order valence-corrected chi connectivity index (χ4v) is 5.27. The number of halogens is 4. The van der Waals surface area contributed by atoms with Gasteiger partial charge in [-0.1, -0.05) is 24.3 Å². The molecule has 0 saturated heterocycles. The highest BCUT2D eigenvalue weighted by Gasteiger charge is 2.35. The highest BCUT2D eigenvalue weighted by atomic mass is 19.4. The zero-order valence-electron chi connectivity index (χ0n) is 26.3. The maximum Gasteiger partial charge on any atom is 0.419 e. The molecule has 2 aromatic heterocycles. The maximum absolute atomic E-state index is 14.1. The lowest BCUT2D eigenvalue weighted by Crippen LogP contribution is -2.38. The SMILES string of the molecule is CCOc1ccc(-n2c([C@@H](C)N(Cc3ccc(N(C)C)nc3)C(=O)Cc3ccc(F)c(C(F)(F)F)c3)nc3ccccc3c2=O)cc1. The van der Waals surface area contributed by atoms with E-state index < -0.39 is 35.9 Å². The van der Waals surface area contributed by atoms with Crippen LogP contribution in [-0.4, -0.2) is 46.0 Å². The molecular weight excluding hydrogens is 614 g/mol. The van der Waals surface area contributed by atoms with Crippen LogP contribution >= 0.6 is 0 Å². The van der Waals surface area contributed by atoms with Crippen LogP contribution in [0.4, 0.5) is 23.4 Å². The van der Waals surface area contributed by atoms with E-state index >= 15 is 0 Å². The second-order valence-electron chi connectivity index (χ2n) is 11.2. The van der Waals surface area contributed by atoms with E-state index in [9.17, 15) is 27.2 Å². The molecule has 2 heterocycles. The molecule has 0 radical (unpaired) electrons. The number of alkyl halides is 3. The van der Waals surface area contributed by atoms with Crippen molar-refractivity contribution in [2.75, 3.05) is 25.6 Å². The van der Waals surface area contributed by atoms with Gasteiger partial charge in [-0.25, -0.2) is 14.4 Å². The van der Waals surface area contributed by atoms with E-state index in [4.69, 9.17) is 9.72 Å². The number of carbonyl (C=O) groups is 1. The van der Waals surface area contributed by atoms with Gasteiger partial charge < -0.3 is 14.5 Å². The van der Waals surface area contributed by atoms with E-state index in [0.717, 1.165) is 6.07 Å². The minimum Gasteiger partial charge on any atom is -0.494 e. The van der Waals surface area contributed by atoms with Gasteiger partial charge in [-0.3, -0.25) is 14.2 Å². The molecule has 5 aromatic rings. The summed E-state index contributed by atoms with van der Waals surface area (Å²) in [4.78, 5) is 40.6. The number of pyridine rings is 1. The number of para-hydroxylation sites is 1. The van der Waals surface area contributed by atoms with E-state index in [1.807, 2.05) is 25.9 Å². The van der Waals surface area contributed by atoms with Crippen LogP contribution in [0, 0.1) is 5.82 Å². The van der Waals surface area contributed by atoms with Gasteiger partial charge in [-0.15, -0.1) is 0 Å². The summed E-state index contributed by atoms with van der Waals surface area (Å²) in [5.74, 6) is -0.457. The van der Waals surface area contributed by atoms with Crippen LogP contribution in [0.1, 0.15) is 42.4 Å². The average molecular weight is 648 g/mol. The molecule has 5 rings (SSSR count). The van der Waals surface area contributed by atoms with Gasteiger partial charge in [-0.05, 0) is 79.6 Å². The van der Waals surface area contributed by atoms with Crippen molar-refractivity contribution in [1.29, 1.82) is 0 Å². The topological polar surface area (TPSA) is 80.6 Å².